The molecule has 2 N–H and O–H groups in total. The van der Waals surface area contributed by atoms with Crippen molar-refractivity contribution in [2.75, 3.05) is 50.0 Å². The first-order chi connectivity index (χ1) is 16.6. The highest BCUT2D eigenvalue weighted by molar-refractivity contribution is 7.20. The number of aromatic nitrogens is 3. The van der Waals surface area contributed by atoms with Crippen LogP contribution in [0.25, 0.3) is 32.4 Å². The minimum Gasteiger partial charge on any atom is -0.382 e. The van der Waals surface area contributed by atoms with Gasteiger partial charge in [-0.2, -0.15) is 0 Å². The molecular weight excluding hydrogens is 442 g/mol. The zero-order valence-electron chi connectivity index (χ0n) is 19.4. The summed E-state index contributed by atoms with van der Waals surface area (Å²) < 4.78 is 1.28. The zero-order chi connectivity index (χ0) is 23.2. The van der Waals surface area contributed by atoms with E-state index in [-0.39, 0.29) is 0 Å². The molecular formula is C26H27N7S. The van der Waals surface area contributed by atoms with Gasteiger partial charge in [-0.05, 0) is 44.2 Å². The number of nitrogens with one attached hydrogen (secondary N) is 2. The lowest BCUT2D eigenvalue weighted by molar-refractivity contribution is 0.312. The third-order valence-electron chi connectivity index (χ3n) is 6.72. The molecule has 8 heteroatoms. The van der Waals surface area contributed by atoms with Crippen LogP contribution in [0.1, 0.15) is 17.6 Å². The molecule has 1 aromatic carbocycles. The van der Waals surface area contributed by atoms with Crippen molar-refractivity contribution in [1.82, 2.24) is 25.2 Å². The Kier molecular flexibility index (Phi) is 5.33. The second kappa shape index (κ2) is 8.51. The molecule has 7 nitrogen and oxygen atoms in total. The molecule has 172 valence electrons. The lowest BCUT2D eigenvalue weighted by atomic mass is 10.1. The number of hydrogen-bond donors (Lipinski definition) is 2. The van der Waals surface area contributed by atoms with Crippen molar-refractivity contribution in [2.45, 2.75) is 19.5 Å². The molecule has 34 heavy (non-hydrogen) atoms. The Morgan fingerprint density at radius 2 is 1.91 bits per heavy atom. The van der Waals surface area contributed by atoms with Crippen LogP contribution in [0.3, 0.4) is 0 Å². The molecule has 6 rings (SSSR count). The van der Waals surface area contributed by atoms with E-state index in [9.17, 15) is 0 Å². The molecule has 0 unspecified atom stereocenters. The second-order valence-corrected chi connectivity index (χ2v) is 10.3. The highest BCUT2D eigenvalue weighted by Crippen LogP contribution is 2.41. The number of nitrogens with zero attached hydrogens (tertiary/aromatic N) is 5. The number of hydrogen-bond acceptors (Lipinski definition) is 8. The first-order valence-corrected chi connectivity index (χ1v) is 12.5. The minimum absolute atomic E-state index is 0.401. The van der Waals surface area contributed by atoms with Crippen molar-refractivity contribution in [1.29, 1.82) is 0 Å². The molecule has 0 saturated carbocycles. The van der Waals surface area contributed by atoms with Crippen LogP contribution in [-0.4, -0.2) is 65.7 Å². The molecule has 1 atom stereocenters. The Morgan fingerprint density at radius 1 is 1.06 bits per heavy atom. The van der Waals surface area contributed by atoms with Crippen LogP contribution in [0.15, 0.2) is 30.3 Å². The van der Waals surface area contributed by atoms with Crippen molar-refractivity contribution in [2.24, 2.45) is 0 Å². The standard InChI is InChI=1S/C26H27N7S/c1-4-23-30-20(13-24(31-23)33-11-9-32(3)10-12-33)19-6-5-17-18(29-19)7-8-21-25(17)26-22(34-21)15-27-16(2)14-28-26/h1,5-8,13,16,27-28H,9-12,14-15H2,2-3H3/t16-/m1/s1. The summed E-state index contributed by atoms with van der Waals surface area (Å²) in [5.74, 6) is 3.90. The highest BCUT2D eigenvalue weighted by atomic mass is 32.1. The van der Waals surface area contributed by atoms with Crippen LogP contribution in [0, 0.1) is 12.3 Å². The fourth-order valence-electron chi connectivity index (χ4n) is 4.73. The van der Waals surface area contributed by atoms with Crippen LogP contribution < -0.4 is 15.5 Å². The number of pyridine rings is 1. The summed E-state index contributed by atoms with van der Waals surface area (Å²) in [6.07, 6.45) is 5.71. The monoisotopic (exact) mass is 469 g/mol. The molecule has 0 radical (unpaired) electrons. The zero-order valence-corrected chi connectivity index (χ0v) is 20.2. The van der Waals surface area contributed by atoms with Crippen molar-refractivity contribution >= 4 is 43.8 Å². The lowest BCUT2D eigenvalue weighted by Gasteiger charge is -2.33. The van der Waals surface area contributed by atoms with E-state index in [1.54, 1.807) is 0 Å². The van der Waals surface area contributed by atoms with Gasteiger partial charge in [0.05, 0.1) is 22.6 Å². The summed E-state index contributed by atoms with van der Waals surface area (Å²) in [7, 11) is 2.14. The van der Waals surface area contributed by atoms with Crippen LogP contribution in [-0.2, 0) is 6.54 Å². The molecule has 0 spiro atoms. The van der Waals surface area contributed by atoms with E-state index in [2.05, 4.69) is 74.6 Å². The first-order valence-electron chi connectivity index (χ1n) is 11.7. The average molecular weight is 470 g/mol. The van der Waals surface area contributed by atoms with E-state index < -0.39 is 0 Å². The van der Waals surface area contributed by atoms with Crippen LogP contribution in [0.4, 0.5) is 11.5 Å². The van der Waals surface area contributed by atoms with E-state index in [1.807, 2.05) is 17.4 Å². The van der Waals surface area contributed by atoms with E-state index >= 15 is 0 Å². The molecule has 1 saturated heterocycles. The Bertz CT molecular complexity index is 1430. The van der Waals surface area contributed by atoms with E-state index in [0.29, 0.717) is 11.9 Å². The Morgan fingerprint density at radius 3 is 2.74 bits per heavy atom. The molecule has 2 aliphatic heterocycles. The van der Waals surface area contributed by atoms with Gasteiger partial charge in [-0.1, -0.05) is 0 Å². The fraction of sp³-hybridized carbons (Fsp3) is 0.346. The molecule has 0 amide bonds. The van der Waals surface area contributed by atoms with Gasteiger partial charge in [0.1, 0.15) is 5.82 Å². The SMILES string of the molecule is C#Cc1nc(-c2ccc3c(ccc4sc5c(c43)NC[C@@H](C)NC5)n2)cc(N2CCN(C)CC2)n1. The average Bonchev–Trinajstić information content (AvgIpc) is 3.13. The summed E-state index contributed by atoms with van der Waals surface area (Å²) >= 11 is 1.85. The van der Waals surface area contributed by atoms with Crippen LogP contribution in [0.5, 0.6) is 0 Å². The number of fused-ring (bicyclic) bond motifs is 5. The summed E-state index contributed by atoms with van der Waals surface area (Å²) in [4.78, 5) is 20.2. The molecule has 0 aliphatic carbocycles. The third-order valence-corrected chi connectivity index (χ3v) is 7.88. The van der Waals surface area contributed by atoms with Gasteiger partial charge in [0.25, 0.3) is 0 Å². The maximum absolute atomic E-state index is 5.71. The molecule has 4 aromatic rings. The van der Waals surface area contributed by atoms with Crippen LogP contribution in [0.2, 0.25) is 0 Å². The van der Waals surface area contributed by atoms with Crippen molar-refractivity contribution < 1.29 is 0 Å². The van der Waals surface area contributed by atoms with Gasteiger partial charge in [0.2, 0.25) is 5.82 Å². The van der Waals surface area contributed by atoms with Gasteiger partial charge in [-0.25, -0.2) is 15.0 Å². The topological polar surface area (TPSA) is 69.2 Å². The van der Waals surface area contributed by atoms with Gasteiger partial charge in [0, 0.05) is 71.7 Å². The largest absolute Gasteiger partial charge is 0.382 e. The maximum atomic E-state index is 5.71. The molecule has 0 bridgehead atoms. The first kappa shape index (κ1) is 21.3. The number of terminal acetylenes is 1. The molecule has 1 fully saturated rings. The normalized spacial score (nSPS) is 19.0. The summed E-state index contributed by atoms with van der Waals surface area (Å²) in [5.41, 5.74) is 3.77. The van der Waals surface area contributed by atoms with Crippen molar-refractivity contribution in [3.63, 3.8) is 0 Å². The number of benzene rings is 1. The minimum atomic E-state index is 0.401. The van der Waals surface area contributed by atoms with Gasteiger partial charge in [-0.3, -0.25) is 0 Å². The molecule has 2 aliphatic rings. The second-order valence-electron chi connectivity index (χ2n) is 9.13. The Balaban J connectivity index is 1.43. The number of piperazine rings is 1. The fourth-order valence-corrected chi connectivity index (χ4v) is 5.87. The number of rotatable bonds is 2. The quantitative estimate of drug-likeness (QED) is 0.435. The van der Waals surface area contributed by atoms with Crippen molar-refractivity contribution in [3.8, 4) is 23.7 Å². The van der Waals surface area contributed by atoms with Gasteiger partial charge in [-0.15, -0.1) is 17.8 Å². The summed E-state index contributed by atoms with van der Waals surface area (Å²) in [6.45, 7) is 7.85. The Hall–Kier alpha value is -3.25. The maximum Gasteiger partial charge on any atom is 0.207 e. The van der Waals surface area contributed by atoms with Gasteiger partial charge >= 0.3 is 0 Å². The van der Waals surface area contributed by atoms with Gasteiger partial charge in [0.15, 0.2) is 0 Å². The summed E-state index contributed by atoms with van der Waals surface area (Å²) in [5, 5.41) is 9.67. The lowest BCUT2D eigenvalue weighted by Crippen LogP contribution is -2.44. The predicted molar refractivity (Wildman–Crippen MR) is 141 cm³/mol. The van der Waals surface area contributed by atoms with E-state index in [1.165, 1.54) is 20.7 Å². The molecule has 5 heterocycles. The summed E-state index contributed by atoms with van der Waals surface area (Å²) in [6, 6.07) is 11.0. The van der Waals surface area contributed by atoms with Crippen LogP contribution >= 0.6 is 11.3 Å². The third kappa shape index (κ3) is 3.76. The number of anilines is 2. The molecule has 3 aromatic heterocycles. The Labute approximate surface area is 203 Å². The smallest absolute Gasteiger partial charge is 0.207 e. The predicted octanol–water partition coefficient (Wildman–Crippen LogP) is 3.54. The van der Waals surface area contributed by atoms with E-state index in [4.69, 9.17) is 11.4 Å². The highest BCUT2D eigenvalue weighted by Gasteiger charge is 2.20. The van der Waals surface area contributed by atoms with Gasteiger partial charge < -0.3 is 20.4 Å². The number of thiophene rings is 1. The number of likely N-dealkylation sites (N-methyl/N-ethyl adjacent to an activating group) is 1. The van der Waals surface area contributed by atoms with E-state index in [0.717, 1.165) is 67.4 Å². The van der Waals surface area contributed by atoms with Crippen molar-refractivity contribution in [3.05, 3.63) is 41.0 Å².